The van der Waals surface area contributed by atoms with Crippen LogP contribution in [0, 0.1) is 13.8 Å². The molecular weight excluding hydrogens is 204 g/mol. The van der Waals surface area contributed by atoms with Gasteiger partial charge in [-0.15, -0.1) is 0 Å². The minimum absolute atomic E-state index is 0.0618. The molecular formula is C12H14N2O2. The predicted octanol–water partition coefficient (Wildman–Crippen LogP) is 0.766. The summed E-state index contributed by atoms with van der Waals surface area (Å²) in [5.74, 6) is -0.172. The van der Waals surface area contributed by atoms with Gasteiger partial charge in [0.15, 0.2) is 0 Å². The van der Waals surface area contributed by atoms with E-state index in [4.69, 9.17) is 0 Å². The van der Waals surface area contributed by atoms with Crippen molar-refractivity contribution in [3.05, 3.63) is 29.3 Å². The first-order valence-corrected chi connectivity index (χ1v) is 5.23. The molecule has 2 amide bonds. The molecule has 1 N–H and O–H groups in total. The molecule has 1 aromatic rings. The predicted molar refractivity (Wildman–Crippen MR) is 61.3 cm³/mol. The molecule has 1 aromatic carbocycles. The normalized spacial score (nSPS) is 16.2. The number of piperazine rings is 1. The molecule has 0 bridgehead atoms. The number of nitrogens with zero attached hydrogens (tertiary/aromatic N) is 1. The van der Waals surface area contributed by atoms with Gasteiger partial charge >= 0.3 is 0 Å². The molecule has 0 aliphatic carbocycles. The minimum atomic E-state index is -0.111. The summed E-state index contributed by atoms with van der Waals surface area (Å²) in [4.78, 5) is 24.5. The third-order valence-electron chi connectivity index (χ3n) is 2.91. The lowest BCUT2D eigenvalue weighted by Gasteiger charge is -2.28. The van der Waals surface area contributed by atoms with E-state index < -0.39 is 0 Å². The van der Waals surface area contributed by atoms with Gasteiger partial charge in [-0.2, -0.15) is 0 Å². The smallest absolute Gasteiger partial charge is 0.246 e. The van der Waals surface area contributed by atoms with Crippen LogP contribution in [0.15, 0.2) is 18.2 Å². The third-order valence-corrected chi connectivity index (χ3v) is 2.91. The third kappa shape index (κ3) is 1.78. The second kappa shape index (κ2) is 3.96. The van der Waals surface area contributed by atoms with Gasteiger partial charge in [-0.1, -0.05) is 12.1 Å². The number of nitrogens with one attached hydrogen (secondary N) is 1. The summed E-state index contributed by atoms with van der Waals surface area (Å²) in [6, 6.07) is 5.77. The van der Waals surface area contributed by atoms with E-state index in [9.17, 15) is 9.59 Å². The van der Waals surface area contributed by atoms with E-state index in [2.05, 4.69) is 5.32 Å². The van der Waals surface area contributed by atoms with E-state index >= 15 is 0 Å². The molecule has 1 aliphatic rings. The summed E-state index contributed by atoms with van der Waals surface area (Å²) in [6.07, 6.45) is 0. The molecule has 0 radical (unpaired) electrons. The molecule has 1 fully saturated rings. The zero-order chi connectivity index (χ0) is 11.7. The van der Waals surface area contributed by atoms with Crippen molar-refractivity contribution in [3.8, 4) is 0 Å². The number of anilines is 1. The first-order valence-electron chi connectivity index (χ1n) is 5.23. The van der Waals surface area contributed by atoms with Crippen molar-refractivity contribution in [3.63, 3.8) is 0 Å². The number of carbonyl (C=O) groups excluding carboxylic acids is 2. The van der Waals surface area contributed by atoms with E-state index in [1.807, 2.05) is 32.0 Å². The van der Waals surface area contributed by atoms with E-state index in [1.54, 1.807) is 4.90 Å². The molecule has 4 heteroatoms. The van der Waals surface area contributed by atoms with Crippen LogP contribution in [0.3, 0.4) is 0 Å². The maximum absolute atomic E-state index is 11.7. The van der Waals surface area contributed by atoms with Gasteiger partial charge < -0.3 is 10.2 Å². The summed E-state index contributed by atoms with van der Waals surface area (Å²) in [7, 11) is 0. The minimum Gasteiger partial charge on any atom is -0.345 e. The fourth-order valence-electron chi connectivity index (χ4n) is 1.80. The number of rotatable bonds is 1. The molecule has 2 rings (SSSR count). The maximum Gasteiger partial charge on any atom is 0.246 e. The summed E-state index contributed by atoms with van der Waals surface area (Å²) < 4.78 is 0. The van der Waals surface area contributed by atoms with Crippen molar-refractivity contribution in [2.45, 2.75) is 13.8 Å². The second-order valence-corrected chi connectivity index (χ2v) is 3.98. The lowest BCUT2D eigenvalue weighted by atomic mass is 10.1. The van der Waals surface area contributed by atoms with Crippen LogP contribution in [0.1, 0.15) is 11.1 Å². The second-order valence-electron chi connectivity index (χ2n) is 3.98. The molecule has 0 atom stereocenters. The number of amides is 2. The van der Waals surface area contributed by atoms with Gasteiger partial charge in [0.2, 0.25) is 11.8 Å². The Kier molecular flexibility index (Phi) is 2.64. The SMILES string of the molecule is Cc1cccc(N2CC(=O)NCC2=O)c1C. The number of hydrogen-bond acceptors (Lipinski definition) is 2. The molecule has 0 saturated carbocycles. The van der Waals surface area contributed by atoms with Crippen molar-refractivity contribution in [1.29, 1.82) is 0 Å². The summed E-state index contributed by atoms with van der Waals surface area (Å²) >= 11 is 0. The van der Waals surface area contributed by atoms with Crippen molar-refractivity contribution in [2.75, 3.05) is 18.0 Å². The molecule has 0 aromatic heterocycles. The molecule has 0 spiro atoms. The Morgan fingerprint density at radius 2 is 2.00 bits per heavy atom. The van der Waals surface area contributed by atoms with Crippen LogP contribution in [0.5, 0.6) is 0 Å². The average Bonchev–Trinajstić information content (AvgIpc) is 2.26. The topological polar surface area (TPSA) is 49.4 Å². The average molecular weight is 218 g/mol. The quantitative estimate of drug-likeness (QED) is 0.756. The molecule has 0 unspecified atom stereocenters. The van der Waals surface area contributed by atoms with Gasteiger partial charge in [-0.25, -0.2) is 0 Å². The summed E-state index contributed by atoms with van der Waals surface area (Å²) in [5, 5.41) is 2.54. The monoisotopic (exact) mass is 218 g/mol. The van der Waals surface area contributed by atoms with Crippen LogP contribution >= 0.6 is 0 Å². The van der Waals surface area contributed by atoms with Crippen LogP contribution in [0.2, 0.25) is 0 Å². The van der Waals surface area contributed by atoms with Gasteiger partial charge in [0.1, 0.15) is 6.54 Å². The number of benzene rings is 1. The summed E-state index contributed by atoms with van der Waals surface area (Å²) in [5.41, 5.74) is 3.00. The Hall–Kier alpha value is -1.84. The Balaban J connectivity index is 2.39. The molecule has 16 heavy (non-hydrogen) atoms. The Labute approximate surface area is 94.2 Å². The van der Waals surface area contributed by atoms with Gasteiger partial charge in [-0.3, -0.25) is 9.59 Å². The highest BCUT2D eigenvalue weighted by atomic mass is 16.2. The van der Waals surface area contributed by atoms with Crippen LogP contribution in [0.25, 0.3) is 0 Å². The number of aryl methyl sites for hydroxylation is 1. The van der Waals surface area contributed by atoms with Gasteiger partial charge in [-0.05, 0) is 31.0 Å². The fourth-order valence-corrected chi connectivity index (χ4v) is 1.80. The van der Waals surface area contributed by atoms with Crippen LogP contribution in [0.4, 0.5) is 5.69 Å². The Bertz CT molecular complexity index is 454. The number of carbonyl (C=O) groups is 2. The first kappa shape index (κ1) is 10.7. The van der Waals surface area contributed by atoms with Crippen LogP contribution in [-0.2, 0) is 9.59 Å². The highest BCUT2D eigenvalue weighted by molar-refractivity contribution is 6.04. The maximum atomic E-state index is 11.7. The van der Waals surface area contributed by atoms with Gasteiger partial charge in [0.25, 0.3) is 0 Å². The molecule has 1 heterocycles. The molecule has 1 saturated heterocycles. The van der Waals surface area contributed by atoms with E-state index in [1.165, 1.54) is 0 Å². The zero-order valence-electron chi connectivity index (χ0n) is 9.41. The zero-order valence-corrected chi connectivity index (χ0v) is 9.41. The van der Waals surface area contributed by atoms with Crippen molar-refractivity contribution in [1.82, 2.24) is 5.32 Å². The molecule has 4 nitrogen and oxygen atoms in total. The Morgan fingerprint density at radius 3 is 2.75 bits per heavy atom. The van der Waals surface area contributed by atoms with Gasteiger partial charge in [0, 0.05) is 5.69 Å². The van der Waals surface area contributed by atoms with Gasteiger partial charge in [0.05, 0.1) is 6.54 Å². The fraction of sp³-hybridized carbons (Fsp3) is 0.333. The highest BCUT2D eigenvalue weighted by Crippen LogP contribution is 2.23. The Morgan fingerprint density at radius 1 is 1.25 bits per heavy atom. The van der Waals surface area contributed by atoms with Crippen molar-refractivity contribution in [2.24, 2.45) is 0 Å². The lowest BCUT2D eigenvalue weighted by molar-refractivity contribution is -0.128. The van der Waals surface area contributed by atoms with Crippen molar-refractivity contribution >= 4 is 17.5 Å². The van der Waals surface area contributed by atoms with Crippen LogP contribution in [-0.4, -0.2) is 24.9 Å². The summed E-state index contributed by atoms with van der Waals surface area (Å²) in [6.45, 7) is 4.16. The largest absolute Gasteiger partial charge is 0.345 e. The lowest BCUT2D eigenvalue weighted by Crippen LogP contribution is -2.52. The molecule has 1 aliphatic heterocycles. The first-order chi connectivity index (χ1) is 7.59. The highest BCUT2D eigenvalue weighted by Gasteiger charge is 2.25. The van der Waals surface area contributed by atoms with Crippen molar-refractivity contribution < 1.29 is 9.59 Å². The van der Waals surface area contributed by atoms with E-state index in [0.717, 1.165) is 16.8 Å². The standard InChI is InChI=1S/C12H14N2O2/c1-8-4-3-5-10(9(8)2)14-7-11(15)13-6-12(14)16/h3-5H,6-7H2,1-2H3,(H,13,15). The number of hydrogen-bond donors (Lipinski definition) is 1. The van der Waals surface area contributed by atoms with E-state index in [-0.39, 0.29) is 24.9 Å². The molecule has 84 valence electrons. The van der Waals surface area contributed by atoms with Crippen LogP contribution < -0.4 is 10.2 Å². The van der Waals surface area contributed by atoms with E-state index in [0.29, 0.717) is 0 Å².